The lowest BCUT2D eigenvalue weighted by Crippen LogP contribution is -1.99. The number of benzene rings is 1. The highest BCUT2D eigenvalue weighted by Gasteiger charge is 2.21. The molecule has 3 heterocycles. The average Bonchev–Trinajstić information content (AvgIpc) is 2.93. The highest BCUT2D eigenvalue weighted by Crippen LogP contribution is 2.35. The molecule has 0 spiro atoms. The molecule has 25 heavy (non-hydrogen) atoms. The Morgan fingerprint density at radius 2 is 1.64 bits per heavy atom. The van der Waals surface area contributed by atoms with Crippen LogP contribution in [0.15, 0.2) is 47.5 Å². The predicted molar refractivity (Wildman–Crippen MR) is 89.5 cm³/mol. The summed E-state index contributed by atoms with van der Waals surface area (Å²) in [6, 6.07) is 7.07. The second-order valence-corrected chi connectivity index (χ2v) is 5.32. The molecule has 0 fully saturated rings. The normalized spacial score (nSPS) is 11.2. The first-order chi connectivity index (χ1) is 12.0. The summed E-state index contributed by atoms with van der Waals surface area (Å²) in [5.74, 6) is -2.45. The smallest absolute Gasteiger partial charge is 0.304 e. The first-order valence-electron chi connectivity index (χ1n) is 7.22. The molecule has 2 N–H and O–H groups in total. The molecule has 8 heteroatoms. The molecule has 0 atom stereocenters. The Balaban J connectivity index is 0.00000131. The summed E-state index contributed by atoms with van der Waals surface area (Å²) in [6.07, 6.45) is 1.71. The Labute approximate surface area is 141 Å². The highest BCUT2D eigenvalue weighted by atomic mass is 19.1. The highest BCUT2D eigenvalue weighted by molar-refractivity contribution is 5.89. The van der Waals surface area contributed by atoms with E-state index in [2.05, 4.69) is 19.9 Å². The number of aromatic nitrogens is 4. The largest absolute Gasteiger partial charge is 0.325 e. The molecule has 128 valence electrons. The Morgan fingerprint density at radius 1 is 0.920 bits per heavy atom. The summed E-state index contributed by atoms with van der Waals surface area (Å²) in [6.45, 7) is 0. The van der Waals surface area contributed by atoms with Gasteiger partial charge in [-0.2, -0.15) is 0 Å². The predicted octanol–water partition coefficient (Wildman–Crippen LogP) is 3.89. The molecule has 0 radical (unpaired) electrons. The lowest BCUT2D eigenvalue weighted by molar-refractivity contribution is 0.579. The number of aromatic amines is 2. The minimum Gasteiger partial charge on any atom is -0.304 e. The fourth-order valence-corrected chi connectivity index (χ4v) is 2.68. The number of pyridine rings is 2. The number of nitrogens with one attached hydrogen (secondary N) is 2. The number of hydrogen-bond acceptors (Lipinski definition) is 3. The van der Waals surface area contributed by atoms with E-state index in [9.17, 15) is 18.0 Å². The van der Waals surface area contributed by atoms with Crippen molar-refractivity contribution in [3.8, 4) is 22.4 Å². The Bertz CT molecular complexity index is 1160. The Hall–Kier alpha value is -3.42. The monoisotopic (exact) mass is 346 g/mol. The first-order valence-corrected chi connectivity index (χ1v) is 7.22. The quantitative estimate of drug-likeness (QED) is 0.578. The number of H-pyrrole nitrogens is 2. The number of imidazole rings is 1. The SMILES string of the molecule is O=c1[nH]c2cc(-c3c(F)cncc3F)c(-c3ccccc3F)nc2[nH]1.[HH].[HH]. The van der Waals surface area contributed by atoms with Gasteiger partial charge in [0.15, 0.2) is 17.3 Å². The van der Waals surface area contributed by atoms with Gasteiger partial charge in [-0.15, -0.1) is 0 Å². The molecule has 3 aromatic heterocycles. The Morgan fingerprint density at radius 3 is 2.36 bits per heavy atom. The van der Waals surface area contributed by atoms with Crippen LogP contribution in [0.25, 0.3) is 33.5 Å². The molecule has 4 rings (SSSR count). The maximum absolute atomic E-state index is 14.3. The molecule has 0 aliphatic carbocycles. The van der Waals surface area contributed by atoms with Gasteiger partial charge < -0.3 is 4.98 Å². The zero-order valence-electron chi connectivity index (χ0n) is 12.5. The van der Waals surface area contributed by atoms with Gasteiger partial charge in [0.1, 0.15) is 5.82 Å². The standard InChI is InChI=1S/C17H9F3N4O.2H2/c18-10-4-2-1-3-8(10)15-9(14-11(19)6-21-7-12(14)20)5-13-16(23-15)24-17(25)22-13;;/h1-7H,(H2,22,23,24,25);2*1H. The molecular weight excluding hydrogens is 333 g/mol. The maximum Gasteiger partial charge on any atom is 0.325 e. The topological polar surface area (TPSA) is 74.4 Å². The van der Waals surface area contributed by atoms with Crippen molar-refractivity contribution in [3.05, 3.63) is 70.7 Å². The van der Waals surface area contributed by atoms with Crippen LogP contribution in [-0.2, 0) is 0 Å². The van der Waals surface area contributed by atoms with Crippen LogP contribution >= 0.6 is 0 Å². The van der Waals surface area contributed by atoms with Crippen LogP contribution in [0.4, 0.5) is 13.2 Å². The van der Waals surface area contributed by atoms with E-state index in [-0.39, 0.29) is 30.8 Å². The Kier molecular flexibility index (Phi) is 3.38. The van der Waals surface area contributed by atoms with Crippen molar-refractivity contribution in [1.82, 2.24) is 19.9 Å². The van der Waals surface area contributed by atoms with Crippen LogP contribution in [0.5, 0.6) is 0 Å². The van der Waals surface area contributed by atoms with Gasteiger partial charge in [0.05, 0.1) is 29.2 Å². The van der Waals surface area contributed by atoms with E-state index in [1.54, 1.807) is 6.07 Å². The van der Waals surface area contributed by atoms with E-state index >= 15 is 0 Å². The van der Waals surface area contributed by atoms with Crippen molar-refractivity contribution in [3.63, 3.8) is 0 Å². The second-order valence-electron chi connectivity index (χ2n) is 5.32. The first kappa shape index (κ1) is 15.1. The summed E-state index contributed by atoms with van der Waals surface area (Å²) in [5.41, 5.74) is -0.468. The zero-order chi connectivity index (χ0) is 17.6. The molecule has 0 bridgehead atoms. The number of nitrogens with zero attached hydrogens (tertiary/aromatic N) is 2. The summed E-state index contributed by atoms with van der Waals surface area (Å²) in [4.78, 5) is 24.1. The van der Waals surface area contributed by atoms with Crippen LogP contribution in [-0.4, -0.2) is 19.9 Å². The van der Waals surface area contributed by atoms with E-state index in [1.807, 2.05) is 0 Å². The van der Waals surface area contributed by atoms with Gasteiger partial charge in [-0.05, 0) is 18.2 Å². The third kappa shape index (κ3) is 2.47. The van der Waals surface area contributed by atoms with Crippen molar-refractivity contribution < 1.29 is 16.0 Å². The molecule has 4 aromatic rings. The molecule has 0 saturated carbocycles. The number of hydrogen-bond donors (Lipinski definition) is 2. The van der Waals surface area contributed by atoms with Crippen LogP contribution in [0.2, 0.25) is 0 Å². The number of fused-ring (bicyclic) bond motifs is 1. The molecule has 0 aliphatic rings. The van der Waals surface area contributed by atoms with Gasteiger partial charge in [-0.1, -0.05) is 12.1 Å². The molecule has 0 saturated heterocycles. The third-order valence-electron chi connectivity index (χ3n) is 3.75. The van der Waals surface area contributed by atoms with E-state index < -0.39 is 28.7 Å². The van der Waals surface area contributed by atoms with Gasteiger partial charge in [-0.25, -0.2) is 22.9 Å². The van der Waals surface area contributed by atoms with Gasteiger partial charge in [0.2, 0.25) is 0 Å². The van der Waals surface area contributed by atoms with Crippen molar-refractivity contribution in [2.24, 2.45) is 0 Å². The zero-order valence-corrected chi connectivity index (χ0v) is 12.5. The fourth-order valence-electron chi connectivity index (χ4n) is 2.68. The van der Waals surface area contributed by atoms with Crippen molar-refractivity contribution in [2.45, 2.75) is 0 Å². The second kappa shape index (κ2) is 5.59. The average molecular weight is 346 g/mol. The molecular formula is C17H13F3N4O. The summed E-state index contributed by atoms with van der Waals surface area (Å²) < 4.78 is 42.7. The minimum absolute atomic E-state index is 0. The van der Waals surface area contributed by atoms with Gasteiger partial charge in [0, 0.05) is 14.0 Å². The lowest BCUT2D eigenvalue weighted by Gasteiger charge is -2.11. The third-order valence-corrected chi connectivity index (χ3v) is 3.75. The number of halogens is 3. The molecule has 1 aromatic carbocycles. The summed E-state index contributed by atoms with van der Waals surface area (Å²) in [7, 11) is 0. The molecule has 5 nitrogen and oxygen atoms in total. The fraction of sp³-hybridized carbons (Fsp3) is 0. The van der Waals surface area contributed by atoms with Crippen molar-refractivity contribution >= 4 is 11.2 Å². The van der Waals surface area contributed by atoms with E-state index in [0.717, 1.165) is 12.4 Å². The van der Waals surface area contributed by atoms with E-state index in [4.69, 9.17) is 0 Å². The molecule has 0 aliphatic heterocycles. The van der Waals surface area contributed by atoms with Crippen molar-refractivity contribution in [1.29, 1.82) is 0 Å². The van der Waals surface area contributed by atoms with E-state index in [1.165, 1.54) is 24.3 Å². The van der Waals surface area contributed by atoms with Crippen molar-refractivity contribution in [2.75, 3.05) is 0 Å². The minimum atomic E-state index is -0.920. The molecule has 0 amide bonds. The van der Waals surface area contributed by atoms with Gasteiger partial charge in [-0.3, -0.25) is 9.97 Å². The van der Waals surface area contributed by atoms with Crippen LogP contribution in [0, 0.1) is 17.5 Å². The lowest BCUT2D eigenvalue weighted by atomic mass is 9.98. The van der Waals surface area contributed by atoms with Crippen LogP contribution < -0.4 is 5.69 Å². The molecule has 0 unspecified atom stereocenters. The number of rotatable bonds is 2. The van der Waals surface area contributed by atoms with Gasteiger partial charge in [0.25, 0.3) is 0 Å². The maximum atomic E-state index is 14.3. The van der Waals surface area contributed by atoms with Crippen LogP contribution in [0.1, 0.15) is 2.85 Å². The summed E-state index contributed by atoms with van der Waals surface area (Å²) in [5, 5.41) is 0. The van der Waals surface area contributed by atoms with E-state index in [0.29, 0.717) is 0 Å². The van der Waals surface area contributed by atoms with Crippen LogP contribution in [0.3, 0.4) is 0 Å². The summed E-state index contributed by atoms with van der Waals surface area (Å²) >= 11 is 0. The van der Waals surface area contributed by atoms with Gasteiger partial charge >= 0.3 is 5.69 Å².